The lowest BCUT2D eigenvalue weighted by atomic mass is 10.2. The zero-order valence-corrected chi connectivity index (χ0v) is 11.3. The molecule has 3 nitrogen and oxygen atoms in total. The molecule has 0 saturated heterocycles. The Morgan fingerprint density at radius 1 is 1.05 bits per heavy atom. The SMILES string of the molecule is FC(F)(F)c1ccc(Oc2cnn(C3CCCC3)c2)cc1. The van der Waals surface area contributed by atoms with Crippen LogP contribution in [0.5, 0.6) is 11.5 Å². The fourth-order valence-corrected chi connectivity index (χ4v) is 2.59. The van der Waals surface area contributed by atoms with Crippen molar-refractivity contribution >= 4 is 0 Å². The predicted octanol–water partition coefficient (Wildman–Crippen LogP) is 4.81. The standard InChI is InChI=1S/C15H15F3N2O/c16-15(17,18)11-5-7-13(8-6-11)21-14-9-19-20(10-14)12-3-1-2-4-12/h5-10,12H,1-4H2. The molecule has 21 heavy (non-hydrogen) atoms. The van der Waals surface area contributed by atoms with Crippen LogP contribution in [0, 0.1) is 0 Å². The van der Waals surface area contributed by atoms with E-state index < -0.39 is 11.7 Å². The van der Waals surface area contributed by atoms with E-state index in [-0.39, 0.29) is 0 Å². The smallest absolute Gasteiger partial charge is 0.416 e. The summed E-state index contributed by atoms with van der Waals surface area (Å²) in [5.41, 5.74) is -0.684. The molecule has 0 spiro atoms. The van der Waals surface area contributed by atoms with Gasteiger partial charge in [0.2, 0.25) is 0 Å². The Morgan fingerprint density at radius 3 is 2.33 bits per heavy atom. The lowest BCUT2D eigenvalue weighted by Crippen LogP contribution is -2.04. The van der Waals surface area contributed by atoms with Crippen molar-refractivity contribution in [2.24, 2.45) is 0 Å². The van der Waals surface area contributed by atoms with Crippen molar-refractivity contribution in [1.29, 1.82) is 0 Å². The van der Waals surface area contributed by atoms with Gasteiger partial charge in [0.05, 0.1) is 24.0 Å². The molecule has 1 aliphatic rings. The number of alkyl halides is 3. The first-order chi connectivity index (χ1) is 10.0. The summed E-state index contributed by atoms with van der Waals surface area (Å²) in [4.78, 5) is 0. The second-order valence-corrected chi connectivity index (χ2v) is 5.22. The van der Waals surface area contributed by atoms with Gasteiger partial charge in [0.25, 0.3) is 0 Å². The number of rotatable bonds is 3. The molecular weight excluding hydrogens is 281 g/mol. The van der Waals surface area contributed by atoms with Crippen LogP contribution in [0.4, 0.5) is 13.2 Å². The molecule has 1 aromatic carbocycles. The van der Waals surface area contributed by atoms with Gasteiger partial charge in [-0.05, 0) is 37.1 Å². The molecule has 0 aliphatic heterocycles. The Hall–Kier alpha value is -1.98. The average Bonchev–Trinajstić information content (AvgIpc) is 3.08. The number of hydrogen-bond donors (Lipinski definition) is 0. The fraction of sp³-hybridized carbons (Fsp3) is 0.400. The lowest BCUT2D eigenvalue weighted by Gasteiger charge is -2.09. The van der Waals surface area contributed by atoms with Crippen LogP contribution in [-0.2, 0) is 6.18 Å². The van der Waals surface area contributed by atoms with Crippen molar-refractivity contribution in [3.8, 4) is 11.5 Å². The topological polar surface area (TPSA) is 27.1 Å². The second-order valence-electron chi connectivity index (χ2n) is 5.22. The van der Waals surface area contributed by atoms with Gasteiger partial charge < -0.3 is 4.74 Å². The van der Waals surface area contributed by atoms with Crippen molar-refractivity contribution in [3.05, 3.63) is 42.2 Å². The molecule has 0 bridgehead atoms. The van der Waals surface area contributed by atoms with Crippen LogP contribution in [0.25, 0.3) is 0 Å². The van der Waals surface area contributed by atoms with Gasteiger partial charge in [-0.25, -0.2) is 0 Å². The summed E-state index contributed by atoms with van der Waals surface area (Å²) in [5.74, 6) is 0.913. The highest BCUT2D eigenvalue weighted by molar-refractivity contribution is 5.32. The Bertz CT molecular complexity index is 598. The maximum Gasteiger partial charge on any atom is 0.416 e. The fourth-order valence-electron chi connectivity index (χ4n) is 2.59. The van der Waals surface area contributed by atoms with Gasteiger partial charge in [0.1, 0.15) is 5.75 Å². The third-order valence-corrected chi connectivity index (χ3v) is 3.69. The van der Waals surface area contributed by atoms with Gasteiger partial charge in [-0.1, -0.05) is 12.8 Å². The first-order valence-electron chi connectivity index (χ1n) is 6.92. The Morgan fingerprint density at radius 2 is 1.71 bits per heavy atom. The molecule has 6 heteroatoms. The highest BCUT2D eigenvalue weighted by atomic mass is 19.4. The number of halogens is 3. The van der Waals surface area contributed by atoms with Crippen LogP contribution in [0.3, 0.4) is 0 Å². The maximum absolute atomic E-state index is 12.5. The normalized spacial score (nSPS) is 16.3. The minimum atomic E-state index is -4.33. The van der Waals surface area contributed by atoms with E-state index in [9.17, 15) is 13.2 Å². The highest BCUT2D eigenvalue weighted by Crippen LogP contribution is 2.32. The number of aromatic nitrogens is 2. The minimum absolute atomic E-state index is 0.369. The number of nitrogens with zero attached hydrogens (tertiary/aromatic N) is 2. The Labute approximate surface area is 120 Å². The lowest BCUT2D eigenvalue weighted by molar-refractivity contribution is -0.137. The summed E-state index contributed by atoms with van der Waals surface area (Å²) in [6.45, 7) is 0. The summed E-state index contributed by atoms with van der Waals surface area (Å²) in [5, 5.41) is 4.26. The van der Waals surface area contributed by atoms with Gasteiger partial charge in [0.15, 0.2) is 5.75 Å². The average molecular weight is 296 g/mol. The van der Waals surface area contributed by atoms with E-state index in [4.69, 9.17) is 4.74 Å². The van der Waals surface area contributed by atoms with E-state index in [0.717, 1.165) is 25.0 Å². The van der Waals surface area contributed by atoms with Crippen molar-refractivity contribution in [1.82, 2.24) is 9.78 Å². The van der Waals surface area contributed by atoms with E-state index in [1.807, 2.05) is 4.68 Å². The van der Waals surface area contributed by atoms with Gasteiger partial charge >= 0.3 is 6.18 Å². The third kappa shape index (κ3) is 3.20. The van der Waals surface area contributed by atoms with E-state index in [2.05, 4.69) is 5.10 Å². The molecule has 1 fully saturated rings. The molecule has 2 aromatic rings. The monoisotopic (exact) mass is 296 g/mol. The molecule has 0 atom stereocenters. The van der Waals surface area contributed by atoms with Crippen molar-refractivity contribution < 1.29 is 17.9 Å². The molecule has 0 unspecified atom stereocenters. The van der Waals surface area contributed by atoms with Crippen LogP contribution in [-0.4, -0.2) is 9.78 Å². The zero-order chi connectivity index (χ0) is 14.9. The quantitative estimate of drug-likeness (QED) is 0.812. The molecule has 1 heterocycles. The molecule has 0 radical (unpaired) electrons. The van der Waals surface area contributed by atoms with Crippen LogP contribution in [0.15, 0.2) is 36.7 Å². The molecule has 1 saturated carbocycles. The molecule has 0 N–H and O–H groups in total. The van der Waals surface area contributed by atoms with Gasteiger partial charge in [-0.3, -0.25) is 4.68 Å². The molecule has 112 valence electrons. The molecule has 1 aliphatic carbocycles. The third-order valence-electron chi connectivity index (χ3n) is 3.69. The zero-order valence-electron chi connectivity index (χ0n) is 11.3. The van der Waals surface area contributed by atoms with E-state index in [1.165, 1.54) is 25.0 Å². The van der Waals surface area contributed by atoms with E-state index in [0.29, 0.717) is 17.5 Å². The summed E-state index contributed by atoms with van der Waals surface area (Å²) >= 11 is 0. The van der Waals surface area contributed by atoms with Crippen molar-refractivity contribution in [2.45, 2.75) is 37.9 Å². The predicted molar refractivity (Wildman–Crippen MR) is 71.3 cm³/mol. The van der Waals surface area contributed by atoms with Crippen LogP contribution in [0.1, 0.15) is 37.3 Å². The molecule has 3 rings (SSSR count). The minimum Gasteiger partial charge on any atom is -0.454 e. The molecule has 1 aromatic heterocycles. The molecular formula is C15H15F3N2O. The van der Waals surface area contributed by atoms with Gasteiger partial charge in [-0.15, -0.1) is 0 Å². The summed E-state index contributed by atoms with van der Waals surface area (Å²) in [6, 6.07) is 5.06. The maximum atomic E-state index is 12.5. The van der Waals surface area contributed by atoms with Crippen molar-refractivity contribution in [2.75, 3.05) is 0 Å². The number of ether oxygens (including phenoxy) is 1. The van der Waals surface area contributed by atoms with Crippen LogP contribution >= 0.6 is 0 Å². The highest BCUT2D eigenvalue weighted by Gasteiger charge is 2.30. The summed E-state index contributed by atoms with van der Waals surface area (Å²) in [6.07, 6.45) is 3.71. The first kappa shape index (κ1) is 14.0. The van der Waals surface area contributed by atoms with E-state index >= 15 is 0 Å². The molecule has 0 amide bonds. The largest absolute Gasteiger partial charge is 0.454 e. The first-order valence-corrected chi connectivity index (χ1v) is 6.92. The summed E-state index contributed by atoms with van der Waals surface area (Å²) < 4.78 is 44.8. The Balaban J connectivity index is 1.69. The number of hydrogen-bond acceptors (Lipinski definition) is 2. The number of benzene rings is 1. The Kier molecular flexibility index (Phi) is 3.61. The van der Waals surface area contributed by atoms with Crippen LogP contribution < -0.4 is 4.74 Å². The summed E-state index contributed by atoms with van der Waals surface area (Å²) in [7, 11) is 0. The van der Waals surface area contributed by atoms with E-state index in [1.54, 1.807) is 12.4 Å². The van der Waals surface area contributed by atoms with Gasteiger partial charge in [0, 0.05) is 0 Å². The second kappa shape index (κ2) is 5.42. The van der Waals surface area contributed by atoms with Crippen molar-refractivity contribution in [3.63, 3.8) is 0 Å². The van der Waals surface area contributed by atoms with Crippen LogP contribution in [0.2, 0.25) is 0 Å². The van der Waals surface area contributed by atoms with Gasteiger partial charge in [-0.2, -0.15) is 18.3 Å².